The van der Waals surface area contributed by atoms with Crippen LogP contribution in [0.2, 0.25) is 0 Å². The number of rotatable bonds is 3. The van der Waals surface area contributed by atoms with Crippen molar-refractivity contribution in [3.63, 3.8) is 0 Å². The van der Waals surface area contributed by atoms with Crippen LogP contribution in [0.1, 0.15) is 6.92 Å². The van der Waals surface area contributed by atoms with Crippen molar-refractivity contribution in [3.05, 3.63) is 25.0 Å². The Kier molecular flexibility index (Phi) is 2.35. The van der Waals surface area contributed by atoms with Crippen LogP contribution in [0.4, 0.5) is 5.82 Å². The molecule has 0 unspecified atom stereocenters. The fraction of sp³-hybridized carbons (Fsp3) is 0.250. The van der Waals surface area contributed by atoms with Gasteiger partial charge < -0.3 is 5.32 Å². The number of aromatic nitrogens is 5. The van der Waals surface area contributed by atoms with Crippen LogP contribution in [-0.4, -0.2) is 31.3 Å². The lowest BCUT2D eigenvalue weighted by atomic mass is 10.5. The molecule has 0 bridgehead atoms. The third kappa shape index (κ3) is 1.68. The molecule has 0 aliphatic carbocycles. The molecule has 0 spiro atoms. The van der Waals surface area contributed by atoms with E-state index in [0.717, 1.165) is 12.4 Å². The van der Waals surface area contributed by atoms with Gasteiger partial charge in [0.25, 0.3) is 0 Å². The first-order chi connectivity index (χ1) is 6.90. The minimum absolute atomic E-state index is 0.702. The largest absolute Gasteiger partial charge is 0.370 e. The Balaban J connectivity index is 2.31. The van der Waals surface area contributed by atoms with Crippen LogP contribution >= 0.6 is 0 Å². The van der Waals surface area contributed by atoms with Crippen LogP contribution in [0.3, 0.4) is 0 Å². The van der Waals surface area contributed by atoms with Gasteiger partial charge in [0.2, 0.25) is 0 Å². The van der Waals surface area contributed by atoms with Gasteiger partial charge in [0.1, 0.15) is 24.8 Å². The average molecular weight is 190 g/mol. The zero-order valence-corrected chi connectivity index (χ0v) is 7.75. The summed E-state index contributed by atoms with van der Waals surface area (Å²) in [6.45, 7) is 2.84. The first-order valence-corrected chi connectivity index (χ1v) is 4.31. The Bertz CT molecular complexity index is 396. The van der Waals surface area contributed by atoms with Crippen molar-refractivity contribution in [3.8, 4) is 5.82 Å². The van der Waals surface area contributed by atoms with Gasteiger partial charge in [-0.3, -0.25) is 0 Å². The van der Waals surface area contributed by atoms with E-state index >= 15 is 0 Å². The second-order valence-electron chi connectivity index (χ2n) is 2.63. The highest BCUT2D eigenvalue weighted by molar-refractivity contribution is 5.39. The molecule has 0 aliphatic heterocycles. The molecule has 0 atom stereocenters. The molecule has 6 heteroatoms. The van der Waals surface area contributed by atoms with Crippen LogP contribution in [0.5, 0.6) is 0 Å². The second-order valence-corrected chi connectivity index (χ2v) is 2.63. The quantitative estimate of drug-likeness (QED) is 0.762. The predicted octanol–water partition coefficient (Wildman–Crippen LogP) is 0.489. The van der Waals surface area contributed by atoms with Gasteiger partial charge in [0.05, 0.1) is 0 Å². The molecule has 0 amide bonds. The molecule has 2 heterocycles. The van der Waals surface area contributed by atoms with Crippen LogP contribution in [0.25, 0.3) is 5.82 Å². The third-order valence-corrected chi connectivity index (χ3v) is 1.66. The van der Waals surface area contributed by atoms with Gasteiger partial charge in [0, 0.05) is 12.6 Å². The smallest absolute Gasteiger partial charge is 0.160 e. The SMILES string of the molecule is CCNc1cc(-n2cncn2)ncn1. The molecule has 2 aromatic heterocycles. The van der Waals surface area contributed by atoms with Crippen molar-refractivity contribution in [1.29, 1.82) is 0 Å². The molecule has 0 radical (unpaired) electrons. The normalized spacial score (nSPS) is 10.1. The highest BCUT2D eigenvalue weighted by atomic mass is 15.3. The van der Waals surface area contributed by atoms with Crippen LogP contribution in [-0.2, 0) is 0 Å². The van der Waals surface area contributed by atoms with Crippen molar-refractivity contribution in [2.24, 2.45) is 0 Å². The van der Waals surface area contributed by atoms with Crippen molar-refractivity contribution in [1.82, 2.24) is 24.7 Å². The molecular formula is C8H10N6. The third-order valence-electron chi connectivity index (χ3n) is 1.66. The van der Waals surface area contributed by atoms with Crippen LogP contribution in [0, 0.1) is 0 Å². The van der Waals surface area contributed by atoms with Gasteiger partial charge in [-0.05, 0) is 6.92 Å². The summed E-state index contributed by atoms with van der Waals surface area (Å²) in [5, 5.41) is 7.07. The van der Waals surface area contributed by atoms with E-state index < -0.39 is 0 Å². The second kappa shape index (κ2) is 3.82. The van der Waals surface area contributed by atoms with E-state index in [0.29, 0.717) is 5.82 Å². The summed E-state index contributed by atoms with van der Waals surface area (Å²) < 4.78 is 1.59. The Labute approximate surface area is 81.0 Å². The number of nitrogens with one attached hydrogen (secondary N) is 1. The lowest BCUT2D eigenvalue weighted by Crippen LogP contribution is -2.03. The van der Waals surface area contributed by atoms with Gasteiger partial charge in [-0.2, -0.15) is 5.10 Å². The summed E-state index contributed by atoms with van der Waals surface area (Å²) in [6.07, 6.45) is 4.56. The molecule has 0 aliphatic rings. The Morgan fingerprint density at radius 2 is 2.29 bits per heavy atom. The molecule has 72 valence electrons. The summed E-state index contributed by atoms with van der Waals surface area (Å²) in [4.78, 5) is 12.0. The average Bonchev–Trinajstić information content (AvgIpc) is 2.71. The van der Waals surface area contributed by atoms with Gasteiger partial charge >= 0.3 is 0 Å². The topological polar surface area (TPSA) is 68.5 Å². The zero-order valence-electron chi connectivity index (χ0n) is 7.75. The molecule has 6 nitrogen and oxygen atoms in total. The van der Waals surface area contributed by atoms with Gasteiger partial charge in [-0.25, -0.2) is 19.6 Å². The van der Waals surface area contributed by atoms with Gasteiger partial charge in [-0.1, -0.05) is 0 Å². The Hall–Kier alpha value is -1.98. The molecule has 0 saturated heterocycles. The van der Waals surface area contributed by atoms with E-state index in [1.54, 1.807) is 11.0 Å². The van der Waals surface area contributed by atoms with E-state index in [9.17, 15) is 0 Å². The van der Waals surface area contributed by atoms with Crippen molar-refractivity contribution >= 4 is 5.82 Å². The summed E-state index contributed by atoms with van der Waals surface area (Å²) in [5.74, 6) is 1.49. The molecule has 0 fully saturated rings. The monoisotopic (exact) mass is 190 g/mol. The molecule has 0 saturated carbocycles. The lowest BCUT2D eigenvalue weighted by molar-refractivity contribution is 0.838. The minimum Gasteiger partial charge on any atom is -0.370 e. The Morgan fingerprint density at radius 3 is 3.00 bits per heavy atom. The van der Waals surface area contributed by atoms with Crippen LogP contribution < -0.4 is 5.32 Å². The fourth-order valence-corrected chi connectivity index (χ4v) is 1.08. The van der Waals surface area contributed by atoms with Gasteiger partial charge in [0.15, 0.2) is 5.82 Å². The maximum Gasteiger partial charge on any atom is 0.160 e. The van der Waals surface area contributed by atoms with Crippen molar-refractivity contribution < 1.29 is 0 Å². The first-order valence-electron chi connectivity index (χ1n) is 4.31. The molecule has 0 aromatic carbocycles. The maximum atomic E-state index is 4.07. The zero-order chi connectivity index (χ0) is 9.80. The Morgan fingerprint density at radius 1 is 1.36 bits per heavy atom. The number of nitrogens with zero attached hydrogens (tertiary/aromatic N) is 5. The molecule has 1 N–H and O–H groups in total. The van der Waals surface area contributed by atoms with Crippen molar-refractivity contribution in [2.75, 3.05) is 11.9 Å². The van der Waals surface area contributed by atoms with Crippen LogP contribution in [0.15, 0.2) is 25.0 Å². The number of hydrogen-bond donors (Lipinski definition) is 1. The molecule has 2 aromatic rings. The summed E-state index contributed by atoms with van der Waals surface area (Å²) in [6, 6.07) is 1.82. The van der Waals surface area contributed by atoms with E-state index in [2.05, 4.69) is 25.4 Å². The number of hydrogen-bond acceptors (Lipinski definition) is 5. The molecule has 2 rings (SSSR count). The standard InChI is InChI=1S/C8H10N6/c1-2-10-7-3-8(12-5-11-7)14-6-9-4-13-14/h3-6H,2H2,1H3,(H,10,11,12). The minimum atomic E-state index is 0.702. The maximum absolute atomic E-state index is 4.07. The predicted molar refractivity (Wildman–Crippen MR) is 51.1 cm³/mol. The van der Waals surface area contributed by atoms with Gasteiger partial charge in [-0.15, -0.1) is 0 Å². The lowest BCUT2D eigenvalue weighted by Gasteiger charge is -2.03. The fourth-order valence-electron chi connectivity index (χ4n) is 1.08. The summed E-state index contributed by atoms with van der Waals surface area (Å²) >= 11 is 0. The first kappa shape index (κ1) is 8.61. The van der Waals surface area contributed by atoms with E-state index in [4.69, 9.17) is 0 Å². The van der Waals surface area contributed by atoms with E-state index in [1.807, 2.05) is 13.0 Å². The van der Waals surface area contributed by atoms with Crippen molar-refractivity contribution in [2.45, 2.75) is 6.92 Å². The van der Waals surface area contributed by atoms with E-state index in [-0.39, 0.29) is 0 Å². The molecular weight excluding hydrogens is 180 g/mol. The highest BCUT2D eigenvalue weighted by Gasteiger charge is 1.99. The van der Waals surface area contributed by atoms with E-state index in [1.165, 1.54) is 12.7 Å². The highest BCUT2D eigenvalue weighted by Crippen LogP contribution is 2.06. The number of anilines is 1. The summed E-state index contributed by atoms with van der Waals surface area (Å²) in [5.41, 5.74) is 0. The summed E-state index contributed by atoms with van der Waals surface area (Å²) in [7, 11) is 0. The molecule has 14 heavy (non-hydrogen) atoms.